The third-order valence-corrected chi connectivity index (χ3v) is 4.57. The van der Waals surface area contributed by atoms with Gasteiger partial charge in [0.15, 0.2) is 4.90 Å². The maximum absolute atomic E-state index is 12.2. The lowest BCUT2D eigenvalue weighted by Crippen LogP contribution is -2.29. The number of rotatable bonds is 7. The highest BCUT2D eigenvalue weighted by Gasteiger charge is 2.19. The number of esters is 1. The molecule has 0 bridgehead atoms. The Morgan fingerprint density at radius 2 is 1.88 bits per heavy atom. The molecule has 0 aliphatic heterocycles. The highest BCUT2D eigenvalue weighted by molar-refractivity contribution is 7.92. The van der Waals surface area contributed by atoms with Gasteiger partial charge in [-0.15, -0.1) is 0 Å². The molecule has 0 aliphatic carbocycles. The van der Waals surface area contributed by atoms with Crippen molar-refractivity contribution in [3.8, 4) is 0 Å². The van der Waals surface area contributed by atoms with Gasteiger partial charge in [0, 0.05) is 11.9 Å². The normalized spacial score (nSPS) is 11.1. The van der Waals surface area contributed by atoms with Crippen LogP contribution in [0.1, 0.15) is 30.1 Å². The second-order valence-electron chi connectivity index (χ2n) is 5.11. The molecule has 3 N–H and O–H groups in total. The number of aromatic nitrogens is 2. The number of hydrogen-bond donors (Lipinski definition) is 3. The highest BCUT2D eigenvalue weighted by atomic mass is 32.2. The Labute approximate surface area is 143 Å². The van der Waals surface area contributed by atoms with Gasteiger partial charge in [0.05, 0.1) is 12.2 Å². The van der Waals surface area contributed by atoms with E-state index in [1.54, 1.807) is 0 Å². The van der Waals surface area contributed by atoms with Gasteiger partial charge in [-0.25, -0.2) is 18.0 Å². The lowest BCUT2D eigenvalue weighted by Gasteiger charge is -2.08. The summed E-state index contributed by atoms with van der Waals surface area (Å²) in [6.07, 6.45) is 2.47. The number of ether oxygens (including phenoxy) is 1. The van der Waals surface area contributed by atoms with Crippen molar-refractivity contribution in [2.75, 3.05) is 11.3 Å². The van der Waals surface area contributed by atoms with Crippen molar-refractivity contribution in [2.24, 2.45) is 0 Å². The SMILES string of the molecule is CCCCOC(=O)c1ccc(NS(=O)(=O)c2c[nH]c(=O)[nH]c2=O)cc1. The number of nitrogens with one attached hydrogen (secondary N) is 3. The van der Waals surface area contributed by atoms with Gasteiger partial charge < -0.3 is 9.72 Å². The molecule has 1 aromatic heterocycles. The third-order valence-electron chi connectivity index (χ3n) is 3.18. The first-order chi connectivity index (χ1) is 11.8. The minimum absolute atomic E-state index is 0.149. The van der Waals surface area contributed by atoms with Crippen LogP contribution in [0.3, 0.4) is 0 Å². The molecule has 0 unspecified atom stereocenters. The number of carbonyl (C=O) groups is 1. The van der Waals surface area contributed by atoms with Crippen LogP contribution >= 0.6 is 0 Å². The predicted molar refractivity (Wildman–Crippen MR) is 90.1 cm³/mol. The summed E-state index contributed by atoms with van der Waals surface area (Å²) in [6.45, 7) is 2.29. The summed E-state index contributed by atoms with van der Waals surface area (Å²) in [5.41, 5.74) is -1.42. The van der Waals surface area contributed by atoms with Crippen LogP contribution in [-0.4, -0.2) is 31.0 Å². The van der Waals surface area contributed by atoms with E-state index in [4.69, 9.17) is 4.74 Å². The molecule has 2 aromatic rings. The van der Waals surface area contributed by atoms with Gasteiger partial charge in [0.25, 0.3) is 15.6 Å². The fourth-order valence-corrected chi connectivity index (χ4v) is 2.94. The lowest BCUT2D eigenvalue weighted by atomic mass is 10.2. The Morgan fingerprint density at radius 3 is 2.48 bits per heavy atom. The second kappa shape index (κ2) is 7.79. The van der Waals surface area contributed by atoms with Gasteiger partial charge in [-0.3, -0.25) is 14.5 Å². The number of unbranched alkanes of at least 4 members (excludes halogenated alkanes) is 1. The summed E-state index contributed by atoms with van der Waals surface area (Å²) < 4.78 is 31.6. The summed E-state index contributed by atoms with van der Waals surface area (Å²) in [5, 5.41) is 0. The van der Waals surface area contributed by atoms with Crippen molar-refractivity contribution < 1.29 is 17.9 Å². The molecule has 25 heavy (non-hydrogen) atoms. The Morgan fingerprint density at radius 1 is 1.20 bits per heavy atom. The molecular weight excluding hydrogens is 350 g/mol. The van der Waals surface area contributed by atoms with Gasteiger partial charge >= 0.3 is 11.7 Å². The second-order valence-corrected chi connectivity index (χ2v) is 6.76. The van der Waals surface area contributed by atoms with E-state index < -0.39 is 32.1 Å². The first-order valence-corrected chi connectivity index (χ1v) is 8.94. The zero-order valence-corrected chi connectivity index (χ0v) is 14.2. The summed E-state index contributed by atoms with van der Waals surface area (Å²) in [5.74, 6) is -0.500. The zero-order chi connectivity index (χ0) is 18.4. The molecule has 10 heteroatoms. The molecule has 0 spiro atoms. The predicted octanol–water partition coefficient (Wildman–Crippen LogP) is 0.821. The van der Waals surface area contributed by atoms with Crippen molar-refractivity contribution in [3.05, 3.63) is 56.9 Å². The third kappa shape index (κ3) is 4.80. The summed E-state index contributed by atoms with van der Waals surface area (Å²) in [6, 6.07) is 5.55. The molecule has 0 aliphatic rings. The number of benzene rings is 1. The van der Waals surface area contributed by atoms with Crippen molar-refractivity contribution in [3.63, 3.8) is 0 Å². The maximum atomic E-state index is 12.2. The van der Waals surface area contributed by atoms with Crippen LogP contribution in [-0.2, 0) is 14.8 Å². The number of anilines is 1. The van der Waals surface area contributed by atoms with E-state index in [9.17, 15) is 22.8 Å². The molecule has 134 valence electrons. The van der Waals surface area contributed by atoms with Gasteiger partial charge in [0.2, 0.25) is 0 Å². The fraction of sp³-hybridized carbons (Fsp3) is 0.267. The fourth-order valence-electron chi connectivity index (χ4n) is 1.87. The first-order valence-electron chi connectivity index (χ1n) is 7.45. The topological polar surface area (TPSA) is 138 Å². The van der Waals surface area contributed by atoms with Crippen molar-refractivity contribution >= 4 is 21.7 Å². The molecule has 0 atom stereocenters. The van der Waals surface area contributed by atoms with Crippen LogP contribution in [0.4, 0.5) is 5.69 Å². The van der Waals surface area contributed by atoms with Crippen LogP contribution in [0.5, 0.6) is 0 Å². The average Bonchev–Trinajstić information content (AvgIpc) is 2.55. The minimum atomic E-state index is -4.19. The molecule has 0 saturated heterocycles. The molecule has 9 nitrogen and oxygen atoms in total. The Bertz CT molecular complexity index is 960. The van der Waals surface area contributed by atoms with Crippen LogP contribution in [0.15, 0.2) is 44.9 Å². The summed E-state index contributed by atoms with van der Waals surface area (Å²) >= 11 is 0. The van der Waals surface area contributed by atoms with E-state index in [-0.39, 0.29) is 11.3 Å². The van der Waals surface area contributed by atoms with Gasteiger partial charge in [-0.05, 0) is 30.7 Å². The molecule has 0 saturated carbocycles. The summed E-state index contributed by atoms with van der Waals surface area (Å²) in [4.78, 5) is 37.6. The minimum Gasteiger partial charge on any atom is -0.462 e. The number of H-pyrrole nitrogens is 2. The van der Waals surface area contributed by atoms with E-state index in [1.807, 2.05) is 11.9 Å². The standard InChI is InChI=1S/C15H17N3O6S/c1-2-3-8-24-14(20)10-4-6-11(7-5-10)18-25(22,23)12-9-16-15(21)17-13(12)19/h4-7,9,18H,2-3,8H2,1H3,(H2,16,17,19,21). The average molecular weight is 367 g/mol. The van der Waals surface area contributed by atoms with Crippen LogP contribution in [0, 0.1) is 0 Å². The van der Waals surface area contributed by atoms with Gasteiger partial charge in [-0.1, -0.05) is 13.3 Å². The van der Waals surface area contributed by atoms with Crippen LogP contribution in [0.2, 0.25) is 0 Å². The zero-order valence-electron chi connectivity index (χ0n) is 13.4. The molecule has 1 heterocycles. The van der Waals surface area contributed by atoms with E-state index in [2.05, 4.69) is 9.71 Å². The van der Waals surface area contributed by atoms with Crippen molar-refractivity contribution in [2.45, 2.75) is 24.7 Å². The van der Waals surface area contributed by atoms with Gasteiger partial charge in [0.1, 0.15) is 0 Å². The quantitative estimate of drug-likeness (QED) is 0.489. The maximum Gasteiger partial charge on any atom is 0.338 e. The van der Waals surface area contributed by atoms with E-state index in [0.29, 0.717) is 6.61 Å². The highest BCUT2D eigenvalue weighted by Crippen LogP contribution is 2.14. The lowest BCUT2D eigenvalue weighted by molar-refractivity contribution is 0.0500. The van der Waals surface area contributed by atoms with Crippen LogP contribution in [0.25, 0.3) is 0 Å². The Hall–Kier alpha value is -2.88. The van der Waals surface area contributed by atoms with Crippen molar-refractivity contribution in [1.29, 1.82) is 0 Å². The van der Waals surface area contributed by atoms with E-state index in [0.717, 1.165) is 19.0 Å². The number of carbonyl (C=O) groups excluding carboxylic acids is 1. The molecule has 0 amide bonds. The molecule has 0 fully saturated rings. The Balaban J connectivity index is 2.13. The molecular formula is C15H17N3O6S. The molecule has 1 aromatic carbocycles. The van der Waals surface area contributed by atoms with Crippen LogP contribution < -0.4 is 16.0 Å². The number of sulfonamides is 1. The number of aromatic amines is 2. The molecule has 2 rings (SSSR count). The van der Waals surface area contributed by atoms with Gasteiger partial charge in [-0.2, -0.15) is 0 Å². The van der Waals surface area contributed by atoms with Crippen molar-refractivity contribution in [1.82, 2.24) is 9.97 Å². The molecule has 0 radical (unpaired) electrons. The summed E-state index contributed by atoms with van der Waals surface area (Å²) in [7, 11) is -4.19. The smallest absolute Gasteiger partial charge is 0.338 e. The number of hydrogen-bond acceptors (Lipinski definition) is 6. The largest absolute Gasteiger partial charge is 0.462 e. The first kappa shape index (κ1) is 18.5. The monoisotopic (exact) mass is 367 g/mol. The Kier molecular flexibility index (Phi) is 5.75. The van der Waals surface area contributed by atoms with E-state index >= 15 is 0 Å². The van der Waals surface area contributed by atoms with E-state index in [1.165, 1.54) is 24.3 Å².